The lowest BCUT2D eigenvalue weighted by atomic mass is 10.2. The first-order valence-corrected chi connectivity index (χ1v) is 8.13. The number of aromatic nitrogens is 1. The van der Waals surface area contributed by atoms with Gasteiger partial charge in [0, 0.05) is 6.04 Å². The highest BCUT2D eigenvalue weighted by molar-refractivity contribution is 7.91. The van der Waals surface area contributed by atoms with Crippen LogP contribution in [0.25, 0.3) is 0 Å². The molecule has 3 N–H and O–H groups in total. The Labute approximate surface area is 107 Å². The lowest BCUT2D eigenvalue weighted by Gasteiger charge is -2.15. The van der Waals surface area contributed by atoms with Crippen molar-refractivity contribution >= 4 is 32.2 Å². The molecule has 1 heterocycles. The summed E-state index contributed by atoms with van der Waals surface area (Å²) < 4.78 is 27.7. The van der Waals surface area contributed by atoms with Gasteiger partial charge in [-0.1, -0.05) is 20.8 Å². The van der Waals surface area contributed by atoms with Crippen molar-refractivity contribution in [3.05, 3.63) is 0 Å². The van der Waals surface area contributed by atoms with Crippen LogP contribution in [0.3, 0.4) is 0 Å². The van der Waals surface area contributed by atoms with Crippen molar-refractivity contribution in [3.63, 3.8) is 0 Å². The first-order valence-electron chi connectivity index (χ1n) is 5.70. The van der Waals surface area contributed by atoms with Crippen molar-refractivity contribution in [2.75, 3.05) is 16.8 Å². The van der Waals surface area contributed by atoms with Crippen LogP contribution in [0, 0.1) is 0 Å². The SMILES string of the molecule is CCC(CC)Nc1snc(N)c1S(=O)(=O)CC. The third kappa shape index (κ3) is 3.10. The molecule has 0 spiro atoms. The molecule has 0 bridgehead atoms. The largest absolute Gasteiger partial charge is 0.382 e. The second kappa shape index (κ2) is 5.68. The molecule has 0 aliphatic rings. The van der Waals surface area contributed by atoms with E-state index in [1.807, 2.05) is 0 Å². The summed E-state index contributed by atoms with van der Waals surface area (Å²) in [6.07, 6.45) is 1.86. The normalized spacial score (nSPS) is 12.0. The zero-order chi connectivity index (χ0) is 13.1. The van der Waals surface area contributed by atoms with Gasteiger partial charge in [0.15, 0.2) is 15.7 Å². The minimum absolute atomic E-state index is 0.0349. The highest BCUT2D eigenvalue weighted by atomic mass is 32.2. The Hall–Kier alpha value is -0.820. The van der Waals surface area contributed by atoms with Crippen LogP contribution < -0.4 is 11.1 Å². The summed E-state index contributed by atoms with van der Waals surface area (Å²) in [7, 11) is -3.32. The fourth-order valence-corrected chi connectivity index (χ4v) is 3.74. The maximum atomic E-state index is 11.9. The maximum Gasteiger partial charge on any atom is 0.184 e. The Bertz CT molecular complexity index is 464. The molecule has 0 aliphatic heterocycles. The standard InChI is InChI=1S/C10H19N3O2S2/c1-4-7(5-2)12-10-8(9(11)13-16-10)17(14,15)6-3/h7,12H,4-6H2,1-3H3,(H2,11,13). The van der Waals surface area contributed by atoms with E-state index >= 15 is 0 Å². The van der Waals surface area contributed by atoms with Crippen LogP contribution in [0.2, 0.25) is 0 Å². The molecule has 1 rings (SSSR count). The quantitative estimate of drug-likeness (QED) is 0.832. The molecule has 0 saturated heterocycles. The summed E-state index contributed by atoms with van der Waals surface area (Å²) in [5.74, 6) is 0.137. The zero-order valence-electron chi connectivity index (χ0n) is 10.4. The van der Waals surface area contributed by atoms with E-state index in [-0.39, 0.29) is 22.5 Å². The van der Waals surface area contributed by atoms with Crippen molar-refractivity contribution in [1.29, 1.82) is 0 Å². The van der Waals surface area contributed by atoms with Gasteiger partial charge >= 0.3 is 0 Å². The lowest BCUT2D eigenvalue weighted by Crippen LogP contribution is -2.18. The van der Waals surface area contributed by atoms with E-state index in [1.165, 1.54) is 0 Å². The van der Waals surface area contributed by atoms with Crippen molar-refractivity contribution in [2.45, 2.75) is 44.6 Å². The third-order valence-electron chi connectivity index (χ3n) is 2.69. The molecule has 0 amide bonds. The Morgan fingerprint density at radius 3 is 2.41 bits per heavy atom. The summed E-state index contributed by atoms with van der Waals surface area (Å²) in [5.41, 5.74) is 5.64. The predicted molar refractivity (Wildman–Crippen MR) is 72.2 cm³/mol. The monoisotopic (exact) mass is 277 g/mol. The second-order valence-electron chi connectivity index (χ2n) is 3.79. The maximum absolute atomic E-state index is 11.9. The van der Waals surface area contributed by atoms with E-state index in [4.69, 9.17) is 5.73 Å². The van der Waals surface area contributed by atoms with E-state index in [0.717, 1.165) is 24.4 Å². The Kier molecular flexibility index (Phi) is 4.76. The number of hydrogen-bond acceptors (Lipinski definition) is 6. The van der Waals surface area contributed by atoms with E-state index in [2.05, 4.69) is 23.5 Å². The molecule has 0 aliphatic carbocycles. The molecule has 0 atom stereocenters. The number of nitrogens with two attached hydrogens (primary N) is 1. The van der Waals surface area contributed by atoms with Gasteiger partial charge in [-0.25, -0.2) is 8.42 Å². The minimum atomic E-state index is -3.32. The number of sulfone groups is 1. The lowest BCUT2D eigenvalue weighted by molar-refractivity contribution is 0.597. The van der Waals surface area contributed by atoms with Crippen molar-refractivity contribution in [2.24, 2.45) is 0 Å². The molecule has 17 heavy (non-hydrogen) atoms. The Morgan fingerprint density at radius 2 is 1.94 bits per heavy atom. The van der Waals surface area contributed by atoms with Crippen molar-refractivity contribution in [3.8, 4) is 0 Å². The molecule has 0 aromatic carbocycles. The van der Waals surface area contributed by atoms with Gasteiger partial charge in [-0.2, -0.15) is 4.37 Å². The minimum Gasteiger partial charge on any atom is -0.382 e. The molecule has 5 nitrogen and oxygen atoms in total. The van der Waals surface area contributed by atoms with E-state index in [0.29, 0.717) is 5.00 Å². The van der Waals surface area contributed by atoms with Gasteiger partial charge in [0.1, 0.15) is 9.90 Å². The summed E-state index contributed by atoms with van der Waals surface area (Å²) in [6, 6.07) is 0.251. The smallest absolute Gasteiger partial charge is 0.184 e. The average molecular weight is 277 g/mol. The number of nitrogens with one attached hydrogen (secondary N) is 1. The number of hydrogen-bond donors (Lipinski definition) is 2. The molecule has 98 valence electrons. The molecule has 0 fully saturated rings. The average Bonchev–Trinajstić information content (AvgIpc) is 2.67. The fraction of sp³-hybridized carbons (Fsp3) is 0.700. The van der Waals surface area contributed by atoms with E-state index < -0.39 is 9.84 Å². The van der Waals surface area contributed by atoms with Gasteiger partial charge in [0.2, 0.25) is 0 Å². The van der Waals surface area contributed by atoms with Gasteiger partial charge in [-0.15, -0.1) is 0 Å². The summed E-state index contributed by atoms with van der Waals surface area (Å²) in [4.78, 5) is 0.164. The first-order chi connectivity index (χ1) is 7.96. The van der Waals surface area contributed by atoms with Gasteiger partial charge in [-0.3, -0.25) is 0 Å². The van der Waals surface area contributed by atoms with Gasteiger partial charge in [0.25, 0.3) is 0 Å². The van der Waals surface area contributed by atoms with Gasteiger partial charge < -0.3 is 11.1 Å². The molecule has 1 aromatic rings. The zero-order valence-corrected chi connectivity index (χ0v) is 12.0. The van der Waals surface area contributed by atoms with Crippen LogP contribution in [-0.2, 0) is 9.84 Å². The second-order valence-corrected chi connectivity index (χ2v) is 6.78. The van der Waals surface area contributed by atoms with E-state index in [9.17, 15) is 8.42 Å². The summed E-state index contributed by atoms with van der Waals surface area (Å²) in [6.45, 7) is 5.71. The predicted octanol–water partition coefficient (Wildman–Crippen LogP) is 2.12. The molecular weight excluding hydrogens is 258 g/mol. The van der Waals surface area contributed by atoms with Crippen LogP contribution >= 0.6 is 11.5 Å². The molecule has 0 saturated carbocycles. The Balaban J connectivity index is 3.11. The van der Waals surface area contributed by atoms with Crippen molar-refractivity contribution in [1.82, 2.24) is 4.37 Å². The topological polar surface area (TPSA) is 85.1 Å². The molecule has 0 unspecified atom stereocenters. The molecule has 7 heteroatoms. The van der Waals surface area contributed by atoms with Crippen molar-refractivity contribution < 1.29 is 8.42 Å². The molecule has 0 radical (unpaired) electrons. The third-order valence-corrected chi connectivity index (χ3v) is 5.40. The van der Waals surface area contributed by atoms with Crippen LogP contribution in [0.5, 0.6) is 0 Å². The number of anilines is 2. The van der Waals surface area contributed by atoms with Crippen LogP contribution in [0.15, 0.2) is 4.90 Å². The fourth-order valence-electron chi connectivity index (χ4n) is 1.51. The summed E-state index contributed by atoms with van der Waals surface area (Å²) >= 11 is 1.11. The van der Waals surface area contributed by atoms with Gasteiger partial charge in [-0.05, 0) is 24.4 Å². The van der Waals surface area contributed by atoms with Crippen LogP contribution in [0.4, 0.5) is 10.8 Å². The van der Waals surface area contributed by atoms with Gasteiger partial charge in [0.05, 0.1) is 5.75 Å². The van der Waals surface area contributed by atoms with Crippen LogP contribution in [-0.4, -0.2) is 24.6 Å². The summed E-state index contributed by atoms with van der Waals surface area (Å²) in [5, 5.41) is 3.77. The number of nitrogens with zero attached hydrogens (tertiary/aromatic N) is 1. The highest BCUT2D eigenvalue weighted by Gasteiger charge is 2.24. The first kappa shape index (κ1) is 14.2. The number of rotatable bonds is 6. The highest BCUT2D eigenvalue weighted by Crippen LogP contribution is 2.33. The van der Waals surface area contributed by atoms with Crippen LogP contribution in [0.1, 0.15) is 33.6 Å². The molecular formula is C10H19N3O2S2. The number of nitrogen functional groups attached to an aromatic ring is 1. The molecule has 1 aromatic heterocycles. The Morgan fingerprint density at radius 1 is 1.35 bits per heavy atom. The van der Waals surface area contributed by atoms with E-state index in [1.54, 1.807) is 6.92 Å².